The molecule has 0 aromatic carbocycles. The first-order valence-corrected chi connectivity index (χ1v) is 9.12. The van der Waals surface area contributed by atoms with E-state index in [-0.39, 0.29) is 24.0 Å². The van der Waals surface area contributed by atoms with E-state index in [0.29, 0.717) is 32.8 Å². The third-order valence-corrected chi connectivity index (χ3v) is 3.62. The van der Waals surface area contributed by atoms with Crippen molar-refractivity contribution < 1.29 is 19.1 Å². The monoisotopic (exact) mass is 349 g/mol. The maximum absolute atomic E-state index is 11.5. The largest absolute Gasteiger partial charge is 0.379 e. The summed E-state index contributed by atoms with van der Waals surface area (Å²) < 4.78 is 10.8. The number of amides is 1. The van der Waals surface area contributed by atoms with Crippen LogP contribution in [0, 0.1) is 5.92 Å². The van der Waals surface area contributed by atoms with Crippen LogP contribution in [-0.4, -0.2) is 50.5 Å². The standard InChI is InChI=1S/C17H32ClNO4/c1-15(2)16(20)7-8-17(21)19-10-12-23-14-13-22-11-6-4-3-5-9-18/h15H,3-14H2,1-2H3,(H,19,21). The van der Waals surface area contributed by atoms with Crippen molar-refractivity contribution in [3.8, 4) is 0 Å². The molecule has 0 aliphatic heterocycles. The van der Waals surface area contributed by atoms with Crippen molar-refractivity contribution in [1.82, 2.24) is 5.32 Å². The summed E-state index contributed by atoms with van der Waals surface area (Å²) in [5.41, 5.74) is 0. The third kappa shape index (κ3) is 16.0. The zero-order valence-electron chi connectivity index (χ0n) is 14.6. The molecule has 1 amide bonds. The number of ketones is 1. The van der Waals surface area contributed by atoms with E-state index < -0.39 is 0 Å². The van der Waals surface area contributed by atoms with Gasteiger partial charge in [0.1, 0.15) is 5.78 Å². The number of alkyl halides is 1. The number of ether oxygens (including phenoxy) is 2. The molecule has 0 bridgehead atoms. The molecular weight excluding hydrogens is 318 g/mol. The summed E-state index contributed by atoms with van der Waals surface area (Å²) in [5, 5.41) is 2.74. The summed E-state index contributed by atoms with van der Waals surface area (Å²) in [7, 11) is 0. The van der Waals surface area contributed by atoms with Gasteiger partial charge in [0.25, 0.3) is 0 Å². The lowest BCUT2D eigenvalue weighted by Crippen LogP contribution is -2.28. The van der Waals surface area contributed by atoms with E-state index in [4.69, 9.17) is 21.1 Å². The number of hydrogen-bond donors (Lipinski definition) is 1. The predicted octanol–water partition coefficient (Wildman–Crippen LogP) is 2.94. The average Bonchev–Trinajstić information content (AvgIpc) is 2.53. The Morgan fingerprint density at radius 2 is 1.57 bits per heavy atom. The van der Waals surface area contributed by atoms with E-state index >= 15 is 0 Å². The summed E-state index contributed by atoms with van der Waals surface area (Å²) in [6.45, 7) is 6.48. The summed E-state index contributed by atoms with van der Waals surface area (Å²) >= 11 is 5.60. The fourth-order valence-electron chi connectivity index (χ4n) is 1.85. The van der Waals surface area contributed by atoms with Gasteiger partial charge in [-0.3, -0.25) is 9.59 Å². The van der Waals surface area contributed by atoms with E-state index in [9.17, 15) is 9.59 Å². The molecule has 1 N–H and O–H groups in total. The van der Waals surface area contributed by atoms with Crippen LogP contribution in [0.1, 0.15) is 52.4 Å². The molecule has 0 atom stereocenters. The number of nitrogens with one attached hydrogen (secondary N) is 1. The molecule has 6 heteroatoms. The van der Waals surface area contributed by atoms with Crippen molar-refractivity contribution in [2.24, 2.45) is 5.92 Å². The summed E-state index contributed by atoms with van der Waals surface area (Å²) in [5.74, 6) is 0.748. The first kappa shape index (κ1) is 22.4. The highest BCUT2D eigenvalue weighted by Gasteiger charge is 2.09. The minimum atomic E-state index is -0.101. The highest BCUT2D eigenvalue weighted by Crippen LogP contribution is 2.02. The van der Waals surface area contributed by atoms with Gasteiger partial charge in [0.2, 0.25) is 5.91 Å². The Morgan fingerprint density at radius 3 is 2.22 bits per heavy atom. The zero-order chi connectivity index (χ0) is 17.3. The number of hydrogen-bond acceptors (Lipinski definition) is 4. The maximum Gasteiger partial charge on any atom is 0.220 e. The van der Waals surface area contributed by atoms with E-state index in [1.54, 1.807) is 0 Å². The molecule has 0 saturated carbocycles. The van der Waals surface area contributed by atoms with Gasteiger partial charge in [-0.1, -0.05) is 26.7 Å². The molecule has 0 aromatic rings. The molecule has 0 aliphatic carbocycles. The molecule has 0 radical (unpaired) electrons. The van der Waals surface area contributed by atoms with Crippen molar-refractivity contribution in [3.05, 3.63) is 0 Å². The molecule has 0 fully saturated rings. The van der Waals surface area contributed by atoms with E-state index in [1.807, 2.05) is 13.8 Å². The highest BCUT2D eigenvalue weighted by atomic mass is 35.5. The Kier molecular flexibility index (Phi) is 15.8. The Labute approximate surface area is 145 Å². The average molecular weight is 350 g/mol. The minimum Gasteiger partial charge on any atom is -0.379 e. The molecule has 0 spiro atoms. The van der Waals surface area contributed by atoms with Gasteiger partial charge < -0.3 is 14.8 Å². The molecular formula is C17H32ClNO4. The van der Waals surface area contributed by atoms with Crippen molar-refractivity contribution >= 4 is 23.3 Å². The molecule has 0 heterocycles. The van der Waals surface area contributed by atoms with E-state index in [2.05, 4.69) is 5.32 Å². The number of rotatable bonds is 16. The van der Waals surface area contributed by atoms with Gasteiger partial charge >= 0.3 is 0 Å². The quantitative estimate of drug-likeness (QED) is 0.344. The predicted molar refractivity (Wildman–Crippen MR) is 92.9 cm³/mol. The summed E-state index contributed by atoms with van der Waals surface area (Å²) in [6.07, 6.45) is 5.00. The molecule has 5 nitrogen and oxygen atoms in total. The number of carbonyl (C=O) groups excluding carboxylic acids is 2. The zero-order valence-corrected chi connectivity index (χ0v) is 15.3. The second-order valence-corrected chi connectivity index (χ2v) is 6.18. The Balaban J connectivity index is 3.23. The first-order valence-electron chi connectivity index (χ1n) is 8.58. The lowest BCUT2D eigenvalue weighted by atomic mass is 10.0. The SMILES string of the molecule is CC(C)C(=O)CCC(=O)NCCOCCOCCCCCCCl. The van der Waals surface area contributed by atoms with Crippen molar-refractivity contribution in [1.29, 1.82) is 0 Å². The van der Waals surface area contributed by atoms with Crippen LogP contribution in [0.3, 0.4) is 0 Å². The Morgan fingerprint density at radius 1 is 0.913 bits per heavy atom. The van der Waals surface area contributed by atoms with Crippen molar-refractivity contribution in [2.75, 3.05) is 38.9 Å². The smallest absolute Gasteiger partial charge is 0.220 e. The van der Waals surface area contributed by atoms with Crippen LogP contribution in [0.15, 0.2) is 0 Å². The summed E-state index contributed by atoms with van der Waals surface area (Å²) in [4.78, 5) is 22.9. The molecule has 0 aliphatic rings. The van der Waals surface area contributed by atoms with Crippen LogP contribution in [0.2, 0.25) is 0 Å². The van der Waals surface area contributed by atoms with Gasteiger partial charge in [-0.2, -0.15) is 0 Å². The van der Waals surface area contributed by atoms with E-state index in [1.165, 1.54) is 0 Å². The fraction of sp³-hybridized carbons (Fsp3) is 0.882. The van der Waals surface area contributed by atoms with Gasteiger partial charge in [-0.05, 0) is 12.8 Å². The number of carbonyl (C=O) groups is 2. The van der Waals surface area contributed by atoms with Crippen LogP contribution in [-0.2, 0) is 19.1 Å². The fourth-order valence-corrected chi connectivity index (χ4v) is 2.04. The normalized spacial score (nSPS) is 11.0. The Bertz CT molecular complexity index is 311. The van der Waals surface area contributed by atoms with Gasteiger partial charge in [-0.25, -0.2) is 0 Å². The molecule has 0 aromatic heterocycles. The summed E-state index contributed by atoms with van der Waals surface area (Å²) in [6, 6.07) is 0. The molecule has 0 unspecified atom stereocenters. The van der Waals surface area contributed by atoms with Gasteiger partial charge in [0.15, 0.2) is 0 Å². The third-order valence-electron chi connectivity index (χ3n) is 3.36. The van der Waals surface area contributed by atoms with Crippen molar-refractivity contribution in [2.45, 2.75) is 52.4 Å². The molecule has 136 valence electrons. The number of unbranched alkanes of at least 4 members (excludes halogenated alkanes) is 3. The Hall–Kier alpha value is -0.650. The van der Waals surface area contributed by atoms with Gasteiger partial charge in [0.05, 0.1) is 19.8 Å². The highest BCUT2D eigenvalue weighted by molar-refractivity contribution is 6.17. The van der Waals surface area contributed by atoms with Crippen LogP contribution in [0.4, 0.5) is 0 Å². The number of Topliss-reactive ketones (excluding diaryl/α,β-unsaturated/α-hetero) is 1. The number of halogens is 1. The molecule has 0 saturated heterocycles. The van der Waals surface area contributed by atoms with E-state index in [0.717, 1.165) is 38.2 Å². The first-order chi connectivity index (χ1) is 11.1. The minimum absolute atomic E-state index is 0.00791. The van der Waals surface area contributed by atoms with Crippen LogP contribution >= 0.6 is 11.6 Å². The second kappa shape index (κ2) is 16.2. The van der Waals surface area contributed by atoms with Crippen molar-refractivity contribution in [3.63, 3.8) is 0 Å². The maximum atomic E-state index is 11.5. The topological polar surface area (TPSA) is 64.6 Å². The van der Waals surface area contributed by atoms with Gasteiger partial charge in [0, 0.05) is 37.8 Å². The van der Waals surface area contributed by atoms with Crippen LogP contribution < -0.4 is 5.32 Å². The molecule has 23 heavy (non-hydrogen) atoms. The lowest BCUT2D eigenvalue weighted by molar-refractivity contribution is -0.126. The van der Waals surface area contributed by atoms with Gasteiger partial charge in [-0.15, -0.1) is 11.6 Å². The van der Waals surface area contributed by atoms with Crippen LogP contribution in [0.5, 0.6) is 0 Å². The second-order valence-electron chi connectivity index (χ2n) is 5.80. The van der Waals surface area contributed by atoms with Crippen LogP contribution in [0.25, 0.3) is 0 Å². The molecule has 0 rings (SSSR count). The lowest BCUT2D eigenvalue weighted by Gasteiger charge is -2.08.